The topological polar surface area (TPSA) is 132 Å². The highest BCUT2D eigenvalue weighted by Crippen LogP contribution is 2.48. The van der Waals surface area contributed by atoms with E-state index in [1.165, 1.54) is 19.2 Å². The predicted octanol–water partition coefficient (Wildman–Crippen LogP) is 6.84. The Balaban J connectivity index is 1.87. The Morgan fingerprint density at radius 3 is 1.85 bits per heavy atom. The van der Waals surface area contributed by atoms with Gasteiger partial charge in [0, 0.05) is 45.3 Å². The summed E-state index contributed by atoms with van der Waals surface area (Å²) in [7, 11) is 4.49. The maximum absolute atomic E-state index is 12.5. The molecule has 6 aromatic rings. The van der Waals surface area contributed by atoms with Crippen LogP contribution in [0.25, 0.3) is 49.7 Å². The number of non-ortho nitro benzene ring substituents is 1. The summed E-state index contributed by atoms with van der Waals surface area (Å²) >= 11 is 0. The van der Waals surface area contributed by atoms with Crippen molar-refractivity contribution in [1.82, 2.24) is 9.55 Å². The zero-order valence-electron chi connectivity index (χ0n) is 22.2. The molecule has 0 N–H and O–H groups in total. The zero-order valence-corrected chi connectivity index (χ0v) is 22.2. The van der Waals surface area contributed by atoms with E-state index in [0.717, 1.165) is 10.8 Å². The van der Waals surface area contributed by atoms with Crippen LogP contribution in [0.2, 0.25) is 0 Å². The third kappa shape index (κ3) is 3.86. The van der Waals surface area contributed by atoms with Gasteiger partial charge in [-0.1, -0.05) is 48.5 Å². The number of imidazole rings is 1. The highest BCUT2D eigenvalue weighted by atomic mass is 16.6. The van der Waals surface area contributed by atoms with E-state index in [2.05, 4.69) is 0 Å². The van der Waals surface area contributed by atoms with E-state index in [1.807, 2.05) is 36.4 Å². The summed E-state index contributed by atoms with van der Waals surface area (Å²) in [6, 6.07) is 22.4. The largest absolute Gasteiger partial charge is 0.496 e. The minimum Gasteiger partial charge on any atom is -0.496 e. The summed E-state index contributed by atoms with van der Waals surface area (Å²) in [6.07, 6.45) is 0. The summed E-state index contributed by atoms with van der Waals surface area (Å²) in [6.45, 7) is 0. The van der Waals surface area contributed by atoms with Gasteiger partial charge in [-0.3, -0.25) is 24.8 Å². The van der Waals surface area contributed by atoms with Gasteiger partial charge in [0.1, 0.15) is 11.6 Å². The number of rotatable bonds is 7. The summed E-state index contributed by atoms with van der Waals surface area (Å²) < 4.78 is 19.0. The quantitative estimate of drug-likeness (QED) is 0.156. The van der Waals surface area contributed by atoms with Gasteiger partial charge in [0.05, 0.1) is 42.4 Å². The van der Waals surface area contributed by atoms with Crippen molar-refractivity contribution in [2.24, 2.45) is 0 Å². The fraction of sp³-hybridized carbons (Fsp3) is 0.100. The second-order valence-electron chi connectivity index (χ2n) is 9.13. The third-order valence-corrected chi connectivity index (χ3v) is 7.07. The second-order valence-corrected chi connectivity index (χ2v) is 9.13. The number of fused-ring (bicyclic) bond motifs is 4. The number of methoxy groups -OCH3 is 3. The molecule has 0 spiro atoms. The highest BCUT2D eigenvalue weighted by molar-refractivity contribution is 6.14. The Kier molecular flexibility index (Phi) is 6.11. The molecule has 0 radical (unpaired) electrons. The molecule has 11 nitrogen and oxygen atoms in total. The Morgan fingerprint density at radius 1 is 0.707 bits per heavy atom. The molecular weight excluding hydrogens is 528 g/mol. The Labute approximate surface area is 232 Å². The molecule has 0 bridgehead atoms. The number of nitro groups is 2. The van der Waals surface area contributed by atoms with Gasteiger partial charge in [-0.25, -0.2) is 4.98 Å². The highest BCUT2D eigenvalue weighted by Gasteiger charge is 2.31. The van der Waals surface area contributed by atoms with Crippen LogP contribution in [0, 0.1) is 20.2 Å². The fourth-order valence-electron chi connectivity index (χ4n) is 5.34. The average molecular weight is 551 g/mol. The molecule has 0 atom stereocenters. The number of hydrogen-bond donors (Lipinski definition) is 0. The first kappa shape index (κ1) is 25.6. The molecule has 11 heteroatoms. The molecule has 204 valence electrons. The van der Waals surface area contributed by atoms with Crippen LogP contribution in [0.5, 0.6) is 17.2 Å². The first-order chi connectivity index (χ1) is 19.9. The van der Waals surface area contributed by atoms with E-state index in [-0.39, 0.29) is 22.6 Å². The maximum atomic E-state index is 12.5. The van der Waals surface area contributed by atoms with Gasteiger partial charge in [-0.05, 0) is 12.1 Å². The molecule has 0 aliphatic rings. The predicted molar refractivity (Wildman–Crippen MR) is 154 cm³/mol. The Morgan fingerprint density at radius 2 is 1.29 bits per heavy atom. The van der Waals surface area contributed by atoms with Gasteiger partial charge >= 0.3 is 5.69 Å². The molecule has 5 aromatic carbocycles. The third-order valence-electron chi connectivity index (χ3n) is 7.07. The second kappa shape index (κ2) is 9.79. The van der Waals surface area contributed by atoms with Crippen LogP contribution in [-0.2, 0) is 0 Å². The SMILES string of the molecule is COc1cc(-n2c(-c3ccc([N+](=O)[O-])cc3)nc3c([N+](=O)[O-])c(OC)c4ccccc4c32)c(OC)c2ccccc12. The molecule has 0 fully saturated rings. The van der Waals surface area contributed by atoms with Crippen LogP contribution in [0.3, 0.4) is 0 Å². The number of aromatic nitrogens is 2. The van der Waals surface area contributed by atoms with Gasteiger partial charge in [0.15, 0.2) is 11.3 Å². The van der Waals surface area contributed by atoms with Crippen molar-refractivity contribution in [1.29, 1.82) is 0 Å². The van der Waals surface area contributed by atoms with Gasteiger partial charge in [-0.2, -0.15) is 0 Å². The normalized spacial score (nSPS) is 11.2. The van der Waals surface area contributed by atoms with Crippen molar-refractivity contribution in [2.45, 2.75) is 0 Å². The minimum atomic E-state index is -0.511. The summed E-state index contributed by atoms with van der Waals surface area (Å²) in [5.41, 5.74) is 1.15. The molecule has 41 heavy (non-hydrogen) atoms. The number of nitro benzene ring substituents is 2. The lowest BCUT2D eigenvalue weighted by Gasteiger charge is -2.19. The van der Waals surface area contributed by atoms with E-state index >= 15 is 0 Å². The molecule has 0 aliphatic carbocycles. The van der Waals surface area contributed by atoms with Gasteiger partial charge in [0.25, 0.3) is 5.69 Å². The molecule has 0 saturated heterocycles. The molecule has 0 saturated carbocycles. The monoisotopic (exact) mass is 550 g/mol. The van der Waals surface area contributed by atoms with Crippen LogP contribution >= 0.6 is 0 Å². The van der Waals surface area contributed by atoms with Crippen molar-refractivity contribution in [3.63, 3.8) is 0 Å². The lowest BCUT2D eigenvalue weighted by Crippen LogP contribution is -2.03. The van der Waals surface area contributed by atoms with Crippen LogP contribution in [0.15, 0.2) is 78.9 Å². The van der Waals surface area contributed by atoms with Gasteiger partial charge in [-0.15, -0.1) is 0 Å². The van der Waals surface area contributed by atoms with E-state index in [4.69, 9.17) is 19.2 Å². The van der Waals surface area contributed by atoms with Gasteiger partial charge < -0.3 is 14.2 Å². The molecule has 0 amide bonds. The summed E-state index contributed by atoms with van der Waals surface area (Å²) in [5, 5.41) is 26.6. The van der Waals surface area contributed by atoms with E-state index in [0.29, 0.717) is 44.9 Å². The molecule has 1 heterocycles. The number of hydrogen-bond acceptors (Lipinski definition) is 8. The standard InChI is InChI=1S/C30H22N4O7/c1-39-24-16-23(28(40-2)21-10-6-4-8-19(21)24)32-26-20-9-5-7-11-22(20)29(41-3)27(34(37)38)25(26)31-30(32)17-12-14-18(15-13-17)33(35)36/h4-16H,1-3H3. The minimum absolute atomic E-state index is 0.0843. The molecule has 0 unspecified atom stereocenters. The van der Waals surface area contributed by atoms with Crippen LogP contribution in [-0.4, -0.2) is 40.7 Å². The molecule has 6 rings (SSSR count). The first-order valence-electron chi connectivity index (χ1n) is 12.4. The smallest absolute Gasteiger partial charge is 0.339 e. The number of nitrogens with zero attached hydrogens (tertiary/aromatic N) is 4. The van der Waals surface area contributed by atoms with Gasteiger partial charge in [0.2, 0.25) is 5.75 Å². The summed E-state index contributed by atoms with van der Waals surface area (Å²) in [5.74, 6) is 1.44. The van der Waals surface area contributed by atoms with E-state index in [9.17, 15) is 20.2 Å². The van der Waals surface area contributed by atoms with E-state index < -0.39 is 9.85 Å². The van der Waals surface area contributed by atoms with Crippen LogP contribution in [0.4, 0.5) is 11.4 Å². The Bertz CT molecular complexity index is 2020. The first-order valence-corrected chi connectivity index (χ1v) is 12.4. The maximum Gasteiger partial charge on any atom is 0.339 e. The average Bonchev–Trinajstić information content (AvgIpc) is 3.39. The lowest BCUT2D eigenvalue weighted by molar-refractivity contribution is -0.384. The number of benzene rings is 5. The fourth-order valence-corrected chi connectivity index (χ4v) is 5.34. The van der Waals surface area contributed by atoms with Crippen LogP contribution in [0.1, 0.15) is 0 Å². The van der Waals surface area contributed by atoms with Crippen molar-refractivity contribution in [2.75, 3.05) is 21.3 Å². The molecule has 1 aromatic heterocycles. The molecule has 0 aliphatic heterocycles. The van der Waals surface area contributed by atoms with Crippen LogP contribution < -0.4 is 14.2 Å². The van der Waals surface area contributed by atoms with Crippen molar-refractivity contribution in [3.05, 3.63) is 99.1 Å². The van der Waals surface area contributed by atoms with Crippen molar-refractivity contribution in [3.8, 4) is 34.3 Å². The lowest BCUT2D eigenvalue weighted by atomic mass is 10.0. The number of ether oxygens (including phenoxy) is 3. The van der Waals surface area contributed by atoms with Crippen molar-refractivity contribution < 1.29 is 24.1 Å². The molecular formula is C30H22N4O7. The zero-order chi connectivity index (χ0) is 28.8. The Hall–Kier alpha value is -5.71. The van der Waals surface area contributed by atoms with E-state index in [1.54, 1.807) is 49.1 Å². The van der Waals surface area contributed by atoms with Crippen molar-refractivity contribution >= 4 is 44.0 Å². The summed E-state index contributed by atoms with van der Waals surface area (Å²) in [4.78, 5) is 27.7.